The molecule has 3 heterocycles. The van der Waals surface area contributed by atoms with Gasteiger partial charge >= 0.3 is 6.18 Å². The lowest BCUT2D eigenvalue weighted by Crippen LogP contribution is -2.16. The summed E-state index contributed by atoms with van der Waals surface area (Å²) in [6.45, 7) is -0.00573. The number of thioether (sulfide) groups is 1. The minimum absolute atomic E-state index is 0.000659. The molecule has 2 aromatic carbocycles. The molecule has 0 saturated carbocycles. The Hall–Kier alpha value is -3.28. The molecule has 184 valence electrons. The largest absolute Gasteiger partial charge is 0.449 e. The topological polar surface area (TPSA) is 88.5 Å². The molecule has 0 aliphatic carbocycles. The molecule has 0 radical (unpaired) electrons. The second-order valence-corrected chi connectivity index (χ2v) is 9.47. The number of pyridine rings is 1. The van der Waals surface area contributed by atoms with E-state index in [0.717, 1.165) is 10.1 Å². The Kier molecular flexibility index (Phi) is 6.54. The van der Waals surface area contributed by atoms with E-state index in [2.05, 4.69) is 25.3 Å². The van der Waals surface area contributed by atoms with Crippen LogP contribution in [-0.4, -0.2) is 36.2 Å². The van der Waals surface area contributed by atoms with Gasteiger partial charge < -0.3 is 14.9 Å². The highest BCUT2D eigenvalue weighted by Crippen LogP contribution is 2.35. The number of rotatable bonds is 6. The minimum atomic E-state index is -4.71. The van der Waals surface area contributed by atoms with Crippen LogP contribution in [0.15, 0.2) is 59.9 Å². The van der Waals surface area contributed by atoms with Crippen molar-refractivity contribution in [2.45, 2.75) is 17.9 Å². The number of nitrogens with one attached hydrogen (secondary N) is 2. The number of carbonyl (C=O) groups excluding carboxylic acids is 1. The molecule has 1 amide bonds. The quantitative estimate of drug-likeness (QED) is 0.230. The highest BCUT2D eigenvalue weighted by molar-refractivity contribution is 7.99. The summed E-state index contributed by atoms with van der Waals surface area (Å²) >= 11 is 13.5. The maximum atomic E-state index is 13.9. The Morgan fingerprint density at radius 2 is 1.81 bits per heavy atom. The lowest BCUT2D eigenvalue weighted by molar-refractivity contribution is -0.146. The third-order valence-corrected chi connectivity index (χ3v) is 6.74. The van der Waals surface area contributed by atoms with Crippen LogP contribution in [0.4, 0.5) is 18.9 Å². The summed E-state index contributed by atoms with van der Waals surface area (Å²) in [5.74, 6) is -1.45. The van der Waals surface area contributed by atoms with Crippen molar-refractivity contribution in [3.63, 3.8) is 0 Å². The summed E-state index contributed by atoms with van der Waals surface area (Å²) in [7, 11) is 0. The van der Waals surface area contributed by atoms with Crippen LogP contribution in [0.5, 0.6) is 0 Å². The lowest BCUT2D eigenvalue weighted by atomic mass is 10.2. The summed E-state index contributed by atoms with van der Waals surface area (Å²) in [5, 5.41) is 3.38. The van der Waals surface area contributed by atoms with Gasteiger partial charge in [0, 0.05) is 18.5 Å². The molecule has 13 heteroatoms. The predicted molar refractivity (Wildman–Crippen MR) is 134 cm³/mol. The molecule has 0 spiro atoms. The molecule has 0 fully saturated rings. The number of imidazole rings is 2. The summed E-state index contributed by atoms with van der Waals surface area (Å²) in [6.07, 6.45) is -3.10. The SMILES string of the molecule is O=C(Nc1cccc2c1nc(C(F)(F)F)n2CCSc1nc2ncccc2[nH]1)c1c(Cl)cccc1Cl. The van der Waals surface area contributed by atoms with Crippen LogP contribution in [0.3, 0.4) is 0 Å². The van der Waals surface area contributed by atoms with E-state index in [0.29, 0.717) is 10.8 Å². The smallest absolute Gasteiger partial charge is 0.332 e. The molecule has 5 rings (SSSR count). The lowest BCUT2D eigenvalue weighted by Gasteiger charge is -2.11. The molecule has 5 aromatic rings. The van der Waals surface area contributed by atoms with Gasteiger partial charge in [0.2, 0.25) is 5.82 Å². The maximum absolute atomic E-state index is 13.9. The van der Waals surface area contributed by atoms with Gasteiger partial charge in [0.15, 0.2) is 10.8 Å². The number of alkyl halides is 3. The second kappa shape index (κ2) is 9.64. The molecule has 0 unspecified atom stereocenters. The van der Waals surface area contributed by atoms with E-state index in [1.165, 1.54) is 36.0 Å². The number of aryl methyl sites for hydroxylation is 1. The number of para-hydroxylation sites is 1. The second-order valence-electron chi connectivity index (χ2n) is 7.57. The van der Waals surface area contributed by atoms with Crippen LogP contribution in [-0.2, 0) is 12.7 Å². The molecule has 0 atom stereocenters. The van der Waals surface area contributed by atoms with Crippen LogP contribution in [0.25, 0.3) is 22.2 Å². The Morgan fingerprint density at radius 1 is 1.06 bits per heavy atom. The number of H-pyrrole nitrogens is 1. The molecule has 7 nitrogen and oxygen atoms in total. The van der Waals surface area contributed by atoms with Gasteiger partial charge in [-0.15, -0.1) is 0 Å². The highest BCUT2D eigenvalue weighted by Gasteiger charge is 2.38. The van der Waals surface area contributed by atoms with Crippen LogP contribution < -0.4 is 5.32 Å². The fraction of sp³-hybridized carbons (Fsp3) is 0.130. The highest BCUT2D eigenvalue weighted by atomic mass is 35.5. The van der Waals surface area contributed by atoms with Crippen LogP contribution in [0, 0.1) is 0 Å². The molecule has 0 bridgehead atoms. The van der Waals surface area contributed by atoms with Crippen molar-refractivity contribution in [3.05, 3.63) is 76.2 Å². The van der Waals surface area contributed by atoms with Crippen molar-refractivity contribution in [2.75, 3.05) is 11.1 Å². The van der Waals surface area contributed by atoms with E-state index in [9.17, 15) is 18.0 Å². The average Bonchev–Trinajstić information content (AvgIpc) is 3.41. The standard InChI is InChI=1S/C23H15Cl2F3N6OS/c24-12-4-1-5-13(25)17(12)20(35)30-14-6-2-8-16-18(14)32-21(23(26,27)28)34(16)10-11-36-22-31-15-7-3-9-29-19(15)33-22/h1-9H,10-11H2,(H,30,35)(H,29,31,33). The van der Waals surface area contributed by atoms with Gasteiger partial charge in [0.1, 0.15) is 5.52 Å². The van der Waals surface area contributed by atoms with Gasteiger partial charge in [-0.25, -0.2) is 15.0 Å². The van der Waals surface area contributed by atoms with Gasteiger partial charge in [-0.05, 0) is 36.4 Å². The number of amides is 1. The van der Waals surface area contributed by atoms with E-state index in [1.54, 1.807) is 24.4 Å². The molecule has 36 heavy (non-hydrogen) atoms. The Morgan fingerprint density at radius 3 is 2.53 bits per heavy atom. The minimum Gasteiger partial charge on any atom is -0.332 e. The Labute approximate surface area is 216 Å². The third kappa shape index (κ3) is 4.73. The summed E-state index contributed by atoms with van der Waals surface area (Å²) in [4.78, 5) is 28.2. The van der Waals surface area contributed by atoms with Crippen molar-refractivity contribution < 1.29 is 18.0 Å². The molecule has 3 aromatic heterocycles. The molecular weight excluding hydrogens is 536 g/mol. The number of aromatic amines is 1. The van der Waals surface area contributed by atoms with Gasteiger partial charge in [0.05, 0.1) is 32.3 Å². The van der Waals surface area contributed by atoms with Crippen molar-refractivity contribution in [1.82, 2.24) is 24.5 Å². The van der Waals surface area contributed by atoms with Crippen molar-refractivity contribution in [2.24, 2.45) is 0 Å². The summed E-state index contributed by atoms with van der Waals surface area (Å²) in [5.41, 5.74) is 1.61. The first-order chi connectivity index (χ1) is 17.2. The maximum Gasteiger partial charge on any atom is 0.449 e. The fourth-order valence-electron chi connectivity index (χ4n) is 3.72. The molecule has 0 saturated heterocycles. The average molecular weight is 551 g/mol. The predicted octanol–water partition coefficient (Wildman–Crippen LogP) is 6.68. The van der Waals surface area contributed by atoms with Crippen LogP contribution in [0.2, 0.25) is 10.0 Å². The normalized spacial score (nSPS) is 11.9. The number of hydrogen-bond acceptors (Lipinski definition) is 5. The number of carbonyl (C=O) groups is 1. The zero-order valence-electron chi connectivity index (χ0n) is 18.1. The van der Waals surface area contributed by atoms with E-state index in [1.807, 2.05) is 6.07 Å². The molecule has 0 aliphatic rings. The van der Waals surface area contributed by atoms with Crippen molar-refractivity contribution in [3.8, 4) is 0 Å². The van der Waals surface area contributed by atoms with Crippen molar-refractivity contribution >= 4 is 68.8 Å². The molecule has 2 N–H and O–H groups in total. The monoisotopic (exact) mass is 550 g/mol. The van der Waals surface area contributed by atoms with E-state index < -0.39 is 17.9 Å². The van der Waals surface area contributed by atoms with Gasteiger partial charge in [-0.1, -0.05) is 47.1 Å². The number of halogens is 5. The first-order valence-corrected chi connectivity index (χ1v) is 12.2. The Balaban J connectivity index is 1.45. The number of hydrogen-bond donors (Lipinski definition) is 2. The zero-order valence-corrected chi connectivity index (χ0v) is 20.4. The van der Waals surface area contributed by atoms with Crippen LogP contribution in [0.1, 0.15) is 16.2 Å². The van der Waals surface area contributed by atoms with E-state index in [-0.39, 0.29) is 44.6 Å². The van der Waals surface area contributed by atoms with E-state index in [4.69, 9.17) is 23.2 Å². The van der Waals surface area contributed by atoms with Crippen molar-refractivity contribution in [1.29, 1.82) is 0 Å². The van der Waals surface area contributed by atoms with Crippen LogP contribution >= 0.6 is 35.0 Å². The zero-order chi connectivity index (χ0) is 25.4. The fourth-order valence-corrected chi connectivity index (χ4v) is 5.08. The number of nitrogens with zero attached hydrogens (tertiary/aromatic N) is 4. The van der Waals surface area contributed by atoms with Gasteiger partial charge in [-0.2, -0.15) is 13.2 Å². The molecular formula is C23H15Cl2F3N6OS. The first kappa shape index (κ1) is 24.4. The van der Waals surface area contributed by atoms with E-state index >= 15 is 0 Å². The van der Waals surface area contributed by atoms with Gasteiger partial charge in [0.25, 0.3) is 5.91 Å². The number of aromatic nitrogens is 5. The third-order valence-electron chi connectivity index (χ3n) is 5.26. The summed E-state index contributed by atoms with van der Waals surface area (Å²) < 4.78 is 42.8. The number of benzene rings is 2. The number of anilines is 1. The summed E-state index contributed by atoms with van der Waals surface area (Å²) in [6, 6.07) is 12.7. The first-order valence-electron chi connectivity index (χ1n) is 10.5. The molecule has 0 aliphatic heterocycles. The Bertz CT molecular complexity index is 1550. The number of fused-ring (bicyclic) bond motifs is 2. The van der Waals surface area contributed by atoms with Gasteiger partial charge in [-0.3, -0.25) is 4.79 Å².